The van der Waals surface area contributed by atoms with Crippen molar-refractivity contribution >= 4 is 21.8 Å². The van der Waals surface area contributed by atoms with Crippen LogP contribution in [0, 0.1) is 56.7 Å². The molecule has 52 heavy (non-hydrogen) atoms. The summed E-state index contributed by atoms with van der Waals surface area (Å²) in [7, 11) is -2.88. The fourth-order valence-corrected chi connectivity index (χ4v) is 15.9. The molecule has 5 fully saturated rings. The Morgan fingerprint density at radius 2 is 1.56 bits per heavy atom. The Kier molecular flexibility index (Phi) is 9.42. The molecule has 0 aromatic heterocycles. The van der Waals surface area contributed by atoms with E-state index in [1.807, 2.05) is 6.08 Å². The Labute approximate surface area is 313 Å². The topological polar surface area (TPSA) is 124 Å². The van der Waals surface area contributed by atoms with Gasteiger partial charge in [0, 0.05) is 31.7 Å². The van der Waals surface area contributed by atoms with Gasteiger partial charge in [-0.05, 0) is 146 Å². The second kappa shape index (κ2) is 12.8. The molecule has 9 heteroatoms. The highest BCUT2D eigenvalue weighted by molar-refractivity contribution is 7.91. The summed E-state index contributed by atoms with van der Waals surface area (Å²) in [5.41, 5.74) is 2.79. The largest absolute Gasteiger partial charge is 0.480 e. The third-order valence-corrected chi connectivity index (χ3v) is 19.3. The van der Waals surface area contributed by atoms with Gasteiger partial charge >= 0.3 is 11.9 Å². The minimum atomic E-state index is -2.88. The molecule has 1 saturated heterocycles. The third kappa shape index (κ3) is 5.58. The highest BCUT2D eigenvalue weighted by atomic mass is 32.2. The number of carboxylic acids is 2. The Bertz CT molecular complexity index is 1650. The van der Waals surface area contributed by atoms with Crippen LogP contribution in [0.4, 0.5) is 0 Å². The lowest BCUT2D eigenvalue weighted by molar-refractivity contribution is -0.221. The lowest BCUT2D eigenvalue weighted by Gasteiger charge is -2.72. The molecule has 290 valence electrons. The molecule has 7 rings (SSSR count). The molecule has 0 spiro atoms. The number of hydrogen-bond donors (Lipinski definition) is 3. The molecule has 3 N–H and O–H groups in total. The molecule has 4 saturated carbocycles. The Morgan fingerprint density at radius 1 is 0.865 bits per heavy atom. The van der Waals surface area contributed by atoms with E-state index in [4.69, 9.17) is 0 Å². The van der Waals surface area contributed by atoms with Crippen molar-refractivity contribution in [3.05, 3.63) is 35.5 Å². The lowest BCUT2D eigenvalue weighted by atomic mass is 9.33. The van der Waals surface area contributed by atoms with Gasteiger partial charge in [0.25, 0.3) is 0 Å². The maximum absolute atomic E-state index is 12.1. The average molecular weight is 739 g/mol. The standard InChI is InChI=1S/C43H66N2O6S/c1-28(2)30-12-19-43(44-22-23-45-24-26-52(50,51)27-25-45)21-20-40(6)32(35(30)43)8-9-34-39(5)15-13-31(38(3,4)33(39)14-16-41(34,40)7)29-10-17-42(18-11-29,36(46)47)37(48)49/h10,13,30,32-35,44H,1,8-9,11-12,14-27H2,2-7H3,(H,46,47)(H,48,49)/t30-,32+,33-,34+,35+,39-,40+,41+,43-/m0/s1. The molecule has 8 nitrogen and oxygen atoms in total. The van der Waals surface area contributed by atoms with Gasteiger partial charge in [0.1, 0.15) is 0 Å². The van der Waals surface area contributed by atoms with E-state index in [2.05, 4.69) is 64.4 Å². The number of sulfone groups is 1. The van der Waals surface area contributed by atoms with Crippen LogP contribution in [0.2, 0.25) is 0 Å². The predicted octanol–water partition coefficient (Wildman–Crippen LogP) is 7.52. The lowest BCUT2D eigenvalue weighted by Crippen LogP contribution is -2.68. The first-order valence-corrected chi connectivity index (χ1v) is 22.3. The van der Waals surface area contributed by atoms with Crippen molar-refractivity contribution < 1.29 is 28.2 Å². The van der Waals surface area contributed by atoms with Gasteiger partial charge in [-0.2, -0.15) is 0 Å². The van der Waals surface area contributed by atoms with E-state index >= 15 is 0 Å². The molecule has 0 bridgehead atoms. The summed E-state index contributed by atoms with van der Waals surface area (Å²) < 4.78 is 24.1. The van der Waals surface area contributed by atoms with Gasteiger partial charge in [0.15, 0.2) is 15.3 Å². The Morgan fingerprint density at radius 3 is 2.17 bits per heavy atom. The smallest absolute Gasteiger partial charge is 0.321 e. The van der Waals surface area contributed by atoms with Crippen molar-refractivity contribution in [2.45, 2.75) is 124 Å². The highest BCUT2D eigenvalue weighted by Crippen LogP contribution is 2.76. The summed E-state index contributed by atoms with van der Waals surface area (Å²) >= 11 is 0. The van der Waals surface area contributed by atoms with Gasteiger partial charge in [0.2, 0.25) is 0 Å². The molecule has 0 unspecified atom stereocenters. The van der Waals surface area contributed by atoms with Gasteiger partial charge in [-0.25, -0.2) is 8.42 Å². The van der Waals surface area contributed by atoms with E-state index in [-0.39, 0.29) is 51.5 Å². The normalized spacial score (nSPS) is 43.5. The summed E-state index contributed by atoms with van der Waals surface area (Å²) in [6.45, 7) is 22.7. The number of nitrogens with one attached hydrogen (secondary N) is 1. The van der Waals surface area contributed by atoms with E-state index in [9.17, 15) is 28.2 Å². The number of carbonyl (C=O) groups is 2. The molecule has 0 radical (unpaired) electrons. The highest BCUT2D eigenvalue weighted by Gasteiger charge is 2.70. The summed E-state index contributed by atoms with van der Waals surface area (Å²) in [5, 5.41) is 23.9. The summed E-state index contributed by atoms with van der Waals surface area (Å²) in [6, 6.07) is 0. The number of fused-ring (bicyclic) bond motifs is 7. The van der Waals surface area contributed by atoms with Crippen LogP contribution in [-0.2, 0) is 19.4 Å². The van der Waals surface area contributed by atoms with Gasteiger partial charge in [-0.3, -0.25) is 9.59 Å². The fraction of sp³-hybridized carbons (Fsp3) is 0.814. The first-order chi connectivity index (χ1) is 24.3. The number of nitrogens with zero attached hydrogens (tertiary/aromatic N) is 1. The molecule has 0 aromatic rings. The molecular weight excluding hydrogens is 673 g/mol. The van der Waals surface area contributed by atoms with Crippen molar-refractivity contribution in [3.8, 4) is 0 Å². The maximum Gasteiger partial charge on any atom is 0.321 e. The van der Waals surface area contributed by atoms with E-state index in [1.165, 1.54) is 68.1 Å². The fourth-order valence-electron chi connectivity index (χ4n) is 14.6. The average Bonchev–Trinajstić information content (AvgIpc) is 3.45. The zero-order valence-electron chi connectivity index (χ0n) is 32.9. The predicted molar refractivity (Wildman–Crippen MR) is 205 cm³/mol. The molecule has 6 aliphatic carbocycles. The van der Waals surface area contributed by atoms with E-state index in [0.29, 0.717) is 49.1 Å². The SMILES string of the molecule is C=C(C)[C@@H]1CC[C@]2(NCCN3CCS(=O)(=O)CC3)CC[C@]3(C)[C@H](CC[C@@H]4[C@@]5(C)CC=C(C6=CCC(C(=O)O)(C(=O)O)CC6)C(C)(C)[C@@H]5CC[C@]43C)[C@@H]12. The maximum atomic E-state index is 12.1. The number of carboxylic acid groups (broad SMARTS) is 2. The van der Waals surface area contributed by atoms with Crippen molar-refractivity contribution in [3.63, 3.8) is 0 Å². The molecule has 1 aliphatic heterocycles. The molecular formula is C43H66N2O6S. The number of rotatable bonds is 8. The van der Waals surface area contributed by atoms with Crippen LogP contribution >= 0.6 is 0 Å². The zero-order valence-corrected chi connectivity index (χ0v) is 33.7. The number of hydrogen-bond acceptors (Lipinski definition) is 6. The van der Waals surface area contributed by atoms with E-state index < -0.39 is 27.2 Å². The van der Waals surface area contributed by atoms with Crippen LogP contribution < -0.4 is 5.32 Å². The summed E-state index contributed by atoms with van der Waals surface area (Å²) in [5.74, 6) is 0.982. The molecule has 0 aromatic carbocycles. The zero-order chi connectivity index (χ0) is 37.7. The first kappa shape index (κ1) is 38.3. The van der Waals surface area contributed by atoms with Crippen LogP contribution in [0.1, 0.15) is 119 Å². The van der Waals surface area contributed by atoms with Crippen molar-refractivity contribution in [2.24, 2.45) is 56.7 Å². The Hall–Kier alpha value is -1.97. The molecule has 9 atom stereocenters. The van der Waals surface area contributed by atoms with Gasteiger partial charge in [0.05, 0.1) is 11.5 Å². The van der Waals surface area contributed by atoms with Crippen LogP contribution in [0.15, 0.2) is 35.5 Å². The minimum Gasteiger partial charge on any atom is -0.480 e. The second-order valence-corrected chi connectivity index (χ2v) is 22.2. The number of allylic oxidation sites excluding steroid dienone is 5. The third-order valence-electron chi connectivity index (χ3n) is 17.7. The van der Waals surface area contributed by atoms with Crippen LogP contribution in [0.5, 0.6) is 0 Å². The van der Waals surface area contributed by atoms with Gasteiger partial charge < -0.3 is 20.4 Å². The first-order valence-electron chi connectivity index (χ1n) is 20.5. The summed E-state index contributed by atoms with van der Waals surface area (Å²) in [6.07, 6.45) is 15.9. The molecule has 0 amide bonds. The monoisotopic (exact) mass is 738 g/mol. The number of aliphatic carboxylic acids is 2. The second-order valence-electron chi connectivity index (χ2n) is 19.9. The van der Waals surface area contributed by atoms with Crippen molar-refractivity contribution in [1.82, 2.24) is 10.2 Å². The van der Waals surface area contributed by atoms with E-state index in [1.54, 1.807) is 0 Å². The van der Waals surface area contributed by atoms with Gasteiger partial charge in [-0.15, -0.1) is 0 Å². The van der Waals surface area contributed by atoms with Crippen LogP contribution in [0.25, 0.3) is 0 Å². The van der Waals surface area contributed by atoms with Crippen molar-refractivity contribution in [1.29, 1.82) is 0 Å². The van der Waals surface area contributed by atoms with E-state index in [0.717, 1.165) is 19.5 Å². The minimum absolute atomic E-state index is 0.0497. The Balaban J connectivity index is 1.13. The van der Waals surface area contributed by atoms with Crippen LogP contribution in [0.3, 0.4) is 0 Å². The quantitative estimate of drug-likeness (QED) is 0.173. The van der Waals surface area contributed by atoms with Crippen LogP contribution in [-0.4, -0.2) is 78.7 Å². The van der Waals surface area contributed by atoms with Crippen molar-refractivity contribution in [2.75, 3.05) is 37.7 Å². The molecule has 7 aliphatic rings. The summed E-state index contributed by atoms with van der Waals surface area (Å²) in [4.78, 5) is 26.4. The molecule has 1 heterocycles. The van der Waals surface area contributed by atoms with Gasteiger partial charge in [-0.1, -0.05) is 58.9 Å².